The number of rotatable bonds is 4. The fourth-order valence-electron chi connectivity index (χ4n) is 1.11. The Hall–Kier alpha value is -0.500. The Morgan fingerprint density at radius 1 is 1.25 bits per heavy atom. The van der Waals surface area contributed by atoms with Crippen molar-refractivity contribution in [3.8, 4) is 0 Å². The highest BCUT2D eigenvalue weighted by Gasteiger charge is 2.26. The summed E-state index contributed by atoms with van der Waals surface area (Å²) in [5, 5.41) is 0. The van der Waals surface area contributed by atoms with Crippen molar-refractivity contribution in [2.45, 2.75) is 26.2 Å². The standard InChI is InChI=1S/C9H16N2.ClH/c1-3-4-5-6-11-8-7-10(2)9-11;/h7-8H,3-6H2,1-2H3;1H/q+1;/p-1. The van der Waals surface area contributed by atoms with Crippen LogP contribution in [0.5, 0.6) is 0 Å². The Bertz CT molecular complexity index is 136. The maximum atomic E-state index is 3.17. The molecule has 1 heterocycles. The van der Waals surface area contributed by atoms with Crippen LogP contribution in [0, 0.1) is 6.67 Å². The van der Waals surface area contributed by atoms with Gasteiger partial charge in [-0.2, -0.15) is 0 Å². The minimum absolute atomic E-state index is 0. The first-order valence-electron chi connectivity index (χ1n) is 4.27. The zero-order chi connectivity index (χ0) is 8.10. The lowest BCUT2D eigenvalue weighted by molar-refractivity contribution is -0.00000243. The molecule has 69 valence electrons. The molecule has 1 rings (SSSR count). The third kappa shape index (κ3) is 3.77. The zero-order valence-electron chi connectivity index (χ0n) is 7.76. The van der Waals surface area contributed by atoms with Crippen LogP contribution >= 0.6 is 0 Å². The molecule has 0 aromatic heterocycles. The van der Waals surface area contributed by atoms with Crippen LogP contribution < -0.4 is 12.4 Å². The summed E-state index contributed by atoms with van der Waals surface area (Å²) in [6, 6.07) is 0. The van der Waals surface area contributed by atoms with E-state index in [1.165, 1.54) is 19.3 Å². The van der Waals surface area contributed by atoms with Gasteiger partial charge in [0.2, 0.25) is 0 Å². The number of hydrogen-bond acceptors (Lipinski definition) is 2. The molecule has 1 aliphatic rings. The van der Waals surface area contributed by atoms with Gasteiger partial charge in [-0.1, -0.05) is 19.8 Å². The number of hydrogen-bond donors (Lipinski definition) is 0. The molecule has 12 heavy (non-hydrogen) atoms. The van der Waals surface area contributed by atoms with Gasteiger partial charge in [-0.15, -0.1) is 9.80 Å². The molecule has 1 radical (unpaired) electrons. The van der Waals surface area contributed by atoms with Gasteiger partial charge in [-0.05, 0) is 6.42 Å². The van der Waals surface area contributed by atoms with E-state index in [0.717, 1.165) is 6.54 Å². The molecule has 1 aliphatic heterocycles. The second kappa shape index (κ2) is 6.06. The summed E-state index contributed by atoms with van der Waals surface area (Å²) >= 11 is 0. The van der Waals surface area contributed by atoms with E-state index in [4.69, 9.17) is 0 Å². The zero-order valence-corrected chi connectivity index (χ0v) is 8.51. The topological polar surface area (TPSA) is 6.48 Å². The first-order valence-corrected chi connectivity index (χ1v) is 4.27. The SMILES string of the molecule is CCCCCN1[C+]N(C)C=C1.[Cl-]. The van der Waals surface area contributed by atoms with E-state index in [1.54, 1.807) is 0 Å². The molecule has 0 saturated carbocycles. The van der Waals surface area contributed by atoms with E-state index in [2.05, 4.69) is 24.7 Å². The lowest BCUT2D eigenvalue weighted by Crippen LogP contribution is -3.00. The average molecular weight is 188 g/mol. The normalized spacial score (nSPS) is 14.5. The van der Waals surface area contributed by atoms with Gasteiger partial charge < -0.3 is 12.4 Å². The number of halogens is 1. The van der Waals surface area contributed by atoms with Crippen molar-refractivity contribution in [2.24, 2.45) is 0 Å². The molecule has 0 atom stereocenters. The molecule has 0 amide bonds. The molecular weight excluding hydrogens is 172 g/mol. The molecule has 0 unspecified atom stereocenters. The third-order valence-corrected chi connectivity index (χ3v) is 1.76. The first kappa shape index (κ1) is 11.5. The fraction of sp³-hybridized carbons (Fsp3) is 0.667. The molecule has 0 fully saturated rings. The van der Waals surface area contributed by atoms with Gasteiger partial charge in [-0.3, -0.25) is 0 Å². The molecule has 2 nitrogen and oxygen atoms in total. The molecule has 0 aromatic rings. The predicted molar refractivity (Wildman–Crippen MR) is 46.4 cm³/mol. The lowest BCUT2D eigenvalue weighted by Gasteiger charge is -2.00. The highest BCUT2D eigenvalue weighted by molar-refractivity contribution is 4.94. The minimum Gasteiger partial charge on any atom is -1.00 e. The Morgan fingerprint density at radius 3 is 2.50 bits per heavy atom. The number of nitrogens with zero attached hydrogens (tertiary/aromatic N) is 2. The summed E-state index contributed by atoms with van der Waals surface area (Å²) in [7, 11) is 2.00. The predicted octanol–water partition coefficient (Wildman–Crippen LogP) is -1.10. The van der Waals surface area contributed by atoms with Crippen LogP contribution in [0.3, 0.4) is 0 Å². The highest BCUT2D eigenvalue weighted by Crippen LogP contribution is 2.09. The quantitative estimate of drug-likeness (QED) is 0.407. The molecule has 0 saturated heterocycles. The molecule has 0 bridgehead atoms. The van der Waals surface area contributed by atoms with Crippen molar-refractivity contribution < 1.29 is 12.4 Å². The van der Waals surface area contributed by atoms with E-state index in [0.29, 0.717) is 0 Å². The Labute approximate surface area is 81.6 Å². The van der Waals surface area contributed by atoms with Crippen molar-refractivity contribution >= 4 is 0 Å². The van der Waals surface area contributed by atoms with Gasteiger partial charge in [0.15, 0.2) is 0 Å². The van der Waals surface area contributed by atoms with Crippen LogP contribution in [-0.4, -0.2) is 23.4 Å². The van der Waals surface area contributed by atoms with Crippen LogP contribution in [0.4, 0.5) is 0 Å². The van der Waals surface area contributed by atoms with E-state index < -0.39 is 0 Å². The molecule has 0 aromatic carbocycles. The van der Waals surface area contributed by atoms with Gasteiger partial charge in [0.25, 0.3) is 0 Å². The van der Waals surface area contributed by atoms with Crippen LogP contribution in [0.15, 0.2) is 12.4 Å². The Kier molecular flexibility index (Phi) is 5.81. The van der Waals surface area contributed by atoms with Gasteiger partial charge in [-0.25, -0.2) is 0 Å². The summed E-state index contributed by atoms with van der Waals surface area (Å²) in [6.45, 7) is 6.50. The number of unbranched alkanes of at least 4 members (excludes halogenated alkanes) is 2. The van der Waals surface area contributed by atoms with Gasteiger partial charge in [0, 0.05) is 0 Å². The second-order valence-corrected chi connectivity index (χ2v) is 2.91. The summed E-state index contributed by atoms with van der Waals surface area (Å²) in [6.07, 6.45) is 7.95. The van der Waals surface area contributed by atoms with Gasteiger partial charge in [0.05, 0.1) is 26.0 Å². The Balaban J connectivity index is 0.00000121. The van der Waals surface area contributed by atoms with E-state index in [1.807, 2.05) is 18.1 Å². The van der Waals surface area contributed by atoms with Crippen molar-refractivity contribution in [1.29, 1.82) is 0 Å². The molecular formula is C9H16ClN2. The van der Waals surface area contributed by atoms with E-state index in [-0.39, 0.29) is 12.4 Å². The van der Waals surface area contributed by atoms with Crippen molar-refractivity contribution in [3.05, 3.63) is 19.1 Å². The summed E-state index contributed by atoms with van der Waals surface area (Å²) in [4.78, 5) is 4.06. The first-order chi connectivity index (χ1) is 5.33. The van der Waals surface area contributed by atoms with Crippen LogP contribution in [0.1, 0.15) is 26.2 Å². The molecule has 0 aliphatic carbocycles. The highest BCUT2D eigenvalue weighted by atomic mass is 35.5. The van der Waals surface area contributed by atoms with E-state index >= 15 is 0 Å². The minimum atomic E-state index is 0. The molecule has 0 spiro atoms. The van der Waals surface area contributed by atoms with Gasteiger partial charge in [0.1, 0.15) is 0 Å². The van der Waals surface area contributed by atoms with Crippen molar-refractivity contribution in [3.63, 3.8) is 0 Å². The van der Waals surface area contributed by atoms with E-state index in [9.17, 15) is 0 Å². The van der Waals surface area contributed by atoms with Crippen molar-refractivity contribution in [1.82, 2.24) is 9.80 Å². The fourth-order valence-corrected chi connectivity index (χ4v) is 1.11. The van der Waals surface area contributed by atoms with Crippen molar-refractivity contribution in [2.75, 3.05) is 13.6 Å². The third-order valence-electron chi connectivity index (χ3n) is 1.76. The second-order valence-electron chi connectivity index (χ2n) is 2.91. The summed E-state index contributed by atoms with van der Waals surface area (Å²) in [5.41, 5.74) is 0. The average Bonchev–Trinajstić information content (AvgIpc) is 2.37. The monoisotopic (exact) mass is 187 g/mol. The Morgan fingerprint density at radius 2 is 2.00 bits per heavy atom. The largest absolute Gasteiger partial charge is 1.00 e. The smallest absolute Gasteiger partial charge is 0.564 e. The summed E-state index contributed by atoms with van der Waals surface area (Å²) < 4.78 is 0. The van der Waals surface area contributed by atoms with Crippen LogP contribution in [0.25, 0.3) is 0 Å². The lowest BCUT2D eigenvalue weighted by atomic mass is 10.2. The molecule has 0 N–H and O–H groups in total. The molecule has 3 heteroatoms. The van der Waals surface area contributed by atoms with Gasteiger partial charge >= 0.3 is 6.67 Å². The van der Waals surface area contributed by atoms with Crippen LogP contribution in [-0.2, 0) is 0 Å². The summed E-state index contributed by atoms with van der Waals surface area (Å²) in [5.74, 6) is 0. The maximum absolute atomic E-state index is 3.17. The van der Waals surface area contributed by atoms with Crippen LogP contribution in [0.2, 0.25) is 0 Å². The maximum Gasteiger partial charge on any atom is 0.564 e.